The van der Waals surface area contributed by atoms with Gasteiger partial charge in [0.25, 0.3) is 0 Å². The fourth-order valence-corrected chi connectivity index (χ4v) is 1.89. The standard InChI is InChI=1S/C13H18F3N3O/c1-19(10-3-4-10)6-7-20-12-9(8-17)2-5-11(18-12)13(14,15)16/h2,5,10H,3-4,6-8,17H2,1H3. The van der Waals surface area contributed by atoms with Gasteiger partial charge in [-0.25, -0.2) is 4.98 Å². The molecule has 0 bridgehead atoms. The number of pyridine rings is 1. The second-order valence-corrected chi connectivity index (χ2v) is 4.92. The zero-order chi connectivity index (χ0) is 14.8. The Morgan fingerprint density at radius 3 is 2.65 bits per heavy atom. The van der Waals surface area contributed by atoms with Crippen LogP contribution in [0.25, 0.3) is 0 Å². The first kappa shape index (κ1) is 15.1. The van der Waals surface area contributed by atoms with E-state index in [-0.39, 0.29) is 12.4 Å². The molecule has 0 saturated heterocycles. The molecule has 0 amide bonds. The predicted molar refractivity (Wildman–Crippen MR) is 68.3 cm³/mol. The van der Waals surface area contributed by atoms with Crippen molar-refractivity contribution in [3.8, 4) is 5.88 Å². The molecule has 0 atom stereocenters. The molecule has 4 nitrogen and oxygen atoms in total. The molecule has 1 heterocycles. The molecule has 0 aromatic carbocycles. The first-order chi connectivity index (χ1) is 9.41. The van der Waals surface area contributed by atoms with Crippen molar-refractivity contribution in [1.82, 2.24) is 9.88 Å². The summed E-state index contributed by atoms with van der Waals surface area (Å²) in [6, 6.07) is 2.82. The third kappa shape index (κ3) is 3.83. The fourth-order valence-electron chi connectivity index (χ4n) is 1.89. The maximum Gasteiger partial charge on any atom is 0.433 e. The molecule has 0 aliphatic heterocycles. The second kappa shape index (κ2) is 5.97. The van der Waals surface area contributed by atoms with Crippen molar-refractivity contribution in [2.45, 2.75) is 31.6 Å². The Balaban J connectivity index is 2.00. The minimum absolute atomic E-state index is 0.0217. The average Bonchev–Trinajstić information content (AvgIpc) is 3.21. The molecule has 2 N–H and O–H groups in total. The number of alkyl halides is 3. The Morgan fingerprint density at radius 2 is 2.10 bits per heavy atom. The summed E-state index contributed by atoms with van der Waals surface area (Å²) in [4.78, 5) is 5.66. The van der Waals surface area contributed by atoms with Crippen molar-refractivity contribution < 1.29 is 17.9 Å². The van der Waals surface area contributed by atoms with Gasteiger partial charge in [-0.05, 0) is 26.0 Å². The van der Waals surface area contributed by atoms with E-state index in [0.29, 0.717) is 24.8 Å². The Kier molecular flexibility index (Phi) is 4.49. The van der Waals surface area contributed by atoms with Crippen LogP contribution in [0.3, 0.4) is 0 Å². The van der Waals surface area contributed by atoms with Crippen molar-refractivity contribution >= 4 is 0 Å². The van der Waals surface area contributed by atoms with Gasteiger partial charge in [0.05, 0.1) is 0 Å². The van der Waals surface area contributed by atoms with E-state index in [2.05, 4.69) is 9.88 Å². The van der Waals surface area contributed by atoms with Crippen LogP contribution in [0.5, 0.6) is 5.88 Å². The summed E-state index contributed by atoms with van der Waals surface area (Å²) in [6.45, 7) is 1.06. The van der Waals surface area contributed by atoms with E-state index in [4.69, 9.17) is 10.5 Å². The molecule has 7 heteroatoms. The molecule has 0 radical (unpaired) electrons. The average molecular weight is 289 g/mol. The van der Waals surface area contributed by atoms with Crippen LogP contribution >= 0.6 is 0 Å². The lowest BCUT2D eigenvalue weighted by Gasteiger charge is -2.17. The Morgan fingerprint density at radius 1 is 1.40 bits per heavy atom. The third-order valence-corrected chi connectivity index (χ3v) is 3.30. The second-order valence-electron chi connectivity index (χ2n) is 4.92. The van der Waals surface area contributed by atoms with E-state index in [0.717, 1.165) is 6.07 Å². The fraction of sp³-hybridized carbons (Fsp3) is 0.615. The summed E-state index contributed by atoms with van der Waals surface area (Å²) in [7, 11) is 1.98. The van der Waals surface area contributed by atoms with Gasteiger partial charge in [0, 0.05) is 24.7 Å². The number of rotatable bonds is 6. The van der Waals surface area contributed by atoms with Crippen LogP contribution in [-0.2, 0) is 12.7 Å². The van der Waals surface area contributed by atoms with Crippen molar-refractivity contribution in [2.75, 3.05) is 20.2 Å². The van der Waals surface area contributed by atoms with Crippen LogP contribution < -0.4 is 10.5 Å². The number of halogens is 3. The maximum absolute atomic E-state index is 12.6. The number of likely N-dealkylation sites (N-methyl/N-ethyl adjacent to an activating group) is 1. The zero-order valence-electron chi connectivity index (χ0n) is 11.3. The monoisotopic (exact) mass is 289 g/mol. The molecule has 1 aliphatic carbocycles. The smallest absolute Gasteiger partial charge is 0.433 e. The van der Waals surface area contributed by atoms with E-state index in [1.54, 1.807) is 0 Å². The first-order valence-corrected chi connectivity index (χ1v) is 6.52. The molecule has 1 saturated carbocycles. The Bertz CT molecular complexity index is 461. The van der Waals surface area contributed by atoms with Gasteiger partial charge in [0.2, 0.25) is 5.88 Å². The number of hydrogen-bond acceptors (Lipinski definition) is 4. The highest BCUT2D eigenvalue weighted by molar-refractivity contribution is 5.29. The summed E-state index contributed by atoms with van der Waals surface area (Å²) >= 11 is 0. The van der Waals surface area contributed by atoms with Crippen LogP contribution in [0.2, 0.25) is 0 Å². The van der Waals surface area contributed by atoms with Gasteiger partial charge in [-0.1, -0.05) is 6.07 Å². The molecule has 0 unspecified atom stereocenters. The molecule has 112 valence electrons. The lowest BCUT2D eigenvalue weighted by molar-refractivity contribution is -0.141. The van der Waals surface area contributed by atoms with Crippen LogP contribution in [0.4, 0.5) is 13.2 Å². The highest BCUT2D eigenvalue weighted by Gasteiger charge is 2.33. The van der Waals surface area contributed by atoms with E-state index in [1.165, 1.54) is 18.9 Å². The van der Waals surface area contributed by atoms with Crippen molar-refractivity contribution in [2.24, 2.45) is 5.73 Å². The molecule has 0 spiro atoms. The van der Waals surface area contributed by atoms with Crippen LogP contribution in [0.15, 0.2) is 12.1 Å². The van der Waals surface area contributed by atoms with Crippen LogP contribution in [-0.4, -0.2) is 36.1 Å². The molecule has 1 aliphatic rings. The largest absolute Gasteiger partial charge is 0.476 e. The normalized spacial score (nSPS) is 15.7. The molecule has 1 aromatic heterocycles. The van der Waals surface area contributed by atoms with E-state index < -0.39 is 11.9 Å². The maximum atomic E-state index is 12.6. The lowest BCUT2D eigenvalue weighted by atomic mass is 10.2. The topological polar surface area (TPSA) is 51.4 Å². The quantitative estimate of drug-likeness (QED) is 0.870. The number of aromatic nitrogens is 1. The Labute approximate surface area is 115 Å². The van der Waals surface area contributed by atoms with Crippen molar-refractivity contribution in [1.29, 1.82) is 0 Å². The van der Waals surface area contributed by atoms with Gasteiger partial charge in [-0.2, -0.15) is 13.2 Å². The summed E-state index contributed by atoms with van der Waals surface area (Å²) in [5, 5.41) is 0. The molecule has 2 rings (SSSR count). The molecule has 1 aromatic rings. The van der Waals surface area contributed by atoms with E-state index >= 15 is 0 Å². The van der Waals surface area contributed by atoms with Crippen molar-refractivity contribution in [3.05, 3.63) is 23.4 Å². The van der Waals surface area contributed by atoms with Crippen LogP contribution in [0.1, 0.15) is 24.1 Å². The van der Waals surface area contributed by atoms with E-state index in [1.807, 2.05) is 7.05 Å². The minimum Gasteiger partial charge on any atom is -0.476 e. The predicted octanol–water partition coefficient (Wildman–Crippen LogP) is 2.03. The number of hydrogen-bond donors (Lipinski definition) is 1. The van der Waals surface area contributed by atoms with Gasteiger partial charge >= 0.3 is 6.18 Å². The van der Waals surface area contributed by atoms with Gasteiger partial charge in [0.1, 0.15) is 12.3 Å². The summed E-state index contributed by atoms with van der Waals surface area (Å²) in [5.74, 6) is -0.0217. The van der Waals surface area contributed by atoms with Crippen LogP contribution in [0, 0.1) is 0 Å². The first-order valence-electron chi connectivity index (χ1n) is 6.52. The summed E-state index contributed by atoms with van der Waals surface area (Å²) in [5.41, 5.74) is 5.01. The number of nitrogens with two attached hydrogens (primary N) is 1. The van der Waals surface area contributed by atoms with Gasteiger partial charge in [-0.3, -0.25) is 0 Å². The number of ether oxygens (including phenoxy) is 1. The summed E-state index contributed by atoms with van der Waals surface area (Å²) in [6.07, 6.45) is -2.13. The third-order valence-electron chi connectivity index (χ3n) is 3.30. The number of nitrogens with zero attached hydrogens (tertiary/aromatic N) is 2. The highest BCUT2D eigenvalue weighted by atomic mass is 19.4. The molecule has 20 heavy (non-hydrogen) atoms. The lowest BCUT2D eigenvalue weighted by Crippen LogP contribution is -2.26. The highest BCUT2D eigenvalue weighted by Crippen LogP contribution is 2.30. The zero-order valence-corrected chi connectivity index (χ0v) is 11.3. The summed E-state index contributed by atoms with van der Waals surface area (Å²) < 4.78 is 43.2. The SMILES string of the molecule is CN(CCOc1nc(C(F)(F)F)ccc1CN)C1CC1. The molecular formula is C13H18F3N3O. The van der Waals surface area contributed by atoms with Gasteiger partial charge in [-0.15, -0.1) is 0 Å². The minimum atomic E-state index is -4.48. The van der Waals surface area contributed by atoms with E-state index in [9.17, 15) is 13.2 Å². The van der Waals surface area contributed by atoms with Gasteiger partial charge in [0.15, 0.2) is 0 Å². The molecule has 1 fully saturated rings. The Hall–Kier alpha value is -1.34. The van der Waals surface area contributed by atoms with Gasteiger partial charge < -0.3 is 15.4 Å². The van der Waals surface area contributed by atoms with Crippen molar-refractivity contribution in [3.63, 3.8) is 0 Å². The molecular weight excluding hydrogens is 271 g/mol.